The molecule has 0 spiro atoms. The highest BCUT2D eigenvalue weighted by Crippen LogP contribution is 2.27. The largest absolute Gasteiger partial charge is 0.347 e. The van der Waals surface area contributed by atoms with Gasteiger partial charge in [0.1, 0.15) is 10.7 Å². The summed E-state index contributed by atoms with van der Waals surface area (Å²) in [5.74, 6) is 0.555. The van der Waals surface area contributed by atoms with Crippen LogP contribution >= 0.6 is 22.9 Å². The zero-order valence-electron chi connectivity index (χ0n) is 9.45. The van der Waals surface area contributed by atoms with Crippen LogP contribution in [0.2, 0.25) is 5.02 Å². The van der Waals surface area contributed by atoms with E-state index in [9.17, 15) is 4.79 Å². The Hall–Kier alpha value is -1.33. The van der Waals surface area contributed by atoms with Crippen molar-refractivity contribution in [1.82, 2.24) is 15.3 Å². The molecule has 1 amide bonds. The molecule has 2 N–H and O–H groups in total. The van der Waals surface area contributed by atoms with Crippen LogP contribution in [0.25, 0.3) is 0 Å². The molecule has 17 heavy (non-hydrogen) atoms. The second-order valence-electron chi connectivity index (χ2n) is 3.73. The first-order valence-electron chi connectivity index (χ1n) is 5.13. The second kappa shape index (κ2) is 4.89. The van der Waals surface area contributed by atoms with Crippen molar-refractivity contribution in [2.75, 3.05) is 0 Å². The van der Waals surface area contributed by atoms with Gasteiger partial charge in [0.05, 0.1) is 11.1 Å². The molecular weight excluding hydrogens is 258 g/mol. The average molecular weight is 270 g/mol. The number of aromatic nitrogens is 2. The number of aryl methyl sites for hydroxylation is 1. The lowest BCUT2D eigenvalue weighted by Crippen LogP contribution is -2.26. The molecule has 4 nitrogen and oxygen atoms in total. The lowest BCUT2D eigenvalue weighted by molar-refractivity contribution is 0.0942. The number of imidazole rings is 1. The van der Waals surface area contributed by atoms with Crippen LogP contribution in [0, 0.1) is 6.92 Å². The summed E-state index contributed by atoms with van der Waals surface area (Å²) in [5, 5.41) is 5.24. The monoisotopic (exact) mass is 269 g/mol. The first kappa shape index (κ1) is 12.1. The minimum atomic E-state index is -0.170. The number of halogens is 1. The minimum Gasteiger partial charge on any atom is -0.347 e. The summed E-state index contributed by atoms with van der Waals surface area (Å²) in [6, 6.07) is -0.170. The topological polar surface area (TPSA) is 57.8 Å². The number of aromatic amines is 1. The molecule has 0 bridgehead atoms. The molecule has 2 rings (SSSR count). The number of amides is 1. The van der Waals surface area contributed by atoms with Crippen LogP contribution in [0.5, 0.6) is 0 Å². The van der Waals surface area contributed by atoms with Gasteiger partial charge in [-0.25, -0.2) is 4.98 Å². The molecule has 90 valence electrons. The van der Waals surface area contributed by atoms with Crippen LogP contribution in [0.1, 0.15) is 34.0 Å². The summed E-state index contributed by atoms with van der Waals surface area (Å²) in [5.41, 5.74) is 0.924. The lowest BCUT2D eigenvalue weighted by atomic mass is 10.3. The maximum atomic E-state index is 12.0. The van der Waals surface area contributed by atoms with Gasteiger partial charge in [-0.15, -0.1) is 11.3 Å². The molecule has 0 radical (unpaired) electrons. The first-order chi connectivity index (χ1) is 8.09. The lowest BCUT2D eigenvalue weighted by Gasteiger charge is -2.10. The van der Waals surface area contributed by atoms with Crippen molar-refractivity contribution in [2.24, 2.45) is 0 Å². The number of rotatable bonds is 3. The average Bonchev–Trinajstić information content (AvgIpc) is 2.90. The van der Waals surface area contributed by atoms with Crippen molar-refractivity contribution in [2.45, 2.75) is 19.9 Å². The zero-order valence-corrected chi connectivity index (χ0v) is 11.0. The molecule has 0 aliphatic rings. The molecule has 2 heterocycles. The molecule has 2 aromatic heterocycles. The zero-order chi connectivity index (χ0) is 12.4. The molecule has 0 saturated heterocycles. The molecule has 1 atom stereocenters. The normalized spacial score (nSPS) is 12.4. The maximum Gasteiger partial charge on any atom is 0.263 e. The van der Waals surface area contributed by atoms with Gasteiger partial charge in [-0.2, -0.15) is 0 Å². The quantitative estimate of drug-likeness (QED) is 0.900. The van der Waals surface area contributed by atoms with E-state index in [1.54, 1.807) is 12.4 Å². The molecule has 6 heteroatoms. The van der Waals surface area contributed by atoms with Crippen LogP contribution in [-0.4, -0.2) is 15.9 Å². The van der Waals surface area contributed by atoms with Crippen LogP contribution in [0.4, 0.5) is 0 Å². The number of carbonyl (C=O) groups is 1. The minimum absolute atomic E-state index is 0.169. The van der Waals surface area contributed by atoms with Crippen LogP contribution in [0.15, 0.2) is 17.8 Å². The van der Waals surface area contributed by atoms with Crippen molar-refractivity contribution in [3.8, 4) is 0 Å². The van der Waals surface area contributed by atoms with Crippen molar-refractivity contribution >= 4 is 28.8 Å². The van der Waals surface area contributed by atoms with E-state index in [0.717, 1.165) is 11.4 Å². The van der Waals surface area contributed by atoms with Gasteiger partial charge in [0, 0.05) is 12.4 Å². The Balaban J connectivity index is 2.10. The second-order valence-corrected chi connectivity index (χ2v) is 4.99. The third-order valence-corrected chi connectivity index (χ3v) is 4.08. The van der Waals surface area contributed by atoms with Crippen molar-refractivity contribution in [1.29, 1.82) is 0 Å². The SMILES string of the molecule is Cc1csc(C(=O)NC(C)c2ncc[nH]2)c1Cl. The predicted molar refractivity (Wildman–Crippen MR) is 68.5 cm³/mol. The van der Waals surface area contributed by atoms with Gasteiger partial charge < -0.3 is 10.3 Å². The number of hydrogen-bond acceptors (Lipinski definition) is 3. The van der Waals surface area contributed by atoms with Gasteiger partial charge in [-0.1, -0.05) is 11.6 Å². The van der Waals surface area contributed by atoms with Gasteiger partial charge in [-0.3, -0.25) is 4.79 Å². The molecule has 0 fully saturated rings. The van der Waals surface area contributed by atoms with Crippen molar-refractivity contribution in [3.63, 3.8) is 0 Å². The highest BCUT2D eigenvalue weighted by atomic mass is 35.5. The van der Waals surface area contributed by atoms with E-state index in [1.165, 1.54) is 11.3 Å². The van der Waals surface area contributed by atoms with E-state index in [-0.39, 0.29) is 11.9 Å². The van der Waals surface area contributed by atoms with Gasteiger partial charge in [0.2, 0.25) is 0 Å². The van der Waals surface area contributed by atoms with E-state index < -0.39 is 0 Å². The summed E-state index contributed by atoms with van der Waals surface area (Å²) in [4.78, 5) is 19.6. The Bertz CT molecular complexity index is 521. The Kier molecular flexibility index (Phi) is 3.49. The van der Waals surface area contributed by atoms with Crippen molar-refractivity contribution in [3.05, 3.63) is 39.1 Å². The number of nitrogens with one attached hydrogen (secondary N) is 2. The summed E-state index contributed by atoms with van der Waals surface area (Å²) >= 11 is 7.39. The fraction of sp³-hybridized carbons (Fsp3) is 0.273. The van der Waals surface area contributed by atoms with E-state index in [4.69, 9.17) is 11.6 Å². The highest BCUT2D eigenvalue weighted by molar-refractivity contribution is 7.13. The number of nitrogens with zero attached hydrogens (tertiary/aromatic N) is 1. The first-order valence-corrected chi connectivity index (χ1v) is 6.39. The fourth-order valence-electron chi connectivity index (χ4n) is 1.43. The van der Waals surface area contributed by atoms with Gasteiger partial charge >= 0.3 is 0 Å². The van der Waals surface area contributed by atoms with E-state index in [1.807, 2.05) is 19.2 Å². The Morgan fingerprint density at radius 2 is 2.41 bits per heavy atom. The maximum absolute atomic E-state index is 12.0. The Labute approximate surface area is 108 Å². The molecule has 0 aliphatic carbocycles. The van der Waals surface area contributed by atoms with Gasteiger partial charge in [-0.05, 0) is 24.8 Å². The van der Waals surface area contributed by atoms with Crippen molar-refractivity contribution < 1.29 is 4.79 Å². The van der Waals surface area contributed by atoms with Gasteiger partial charge in [0.25, 0.3) is 5.91 Å². The highest BCUT2D eigenvalue weighted by Gasteiger charge is 2.17. The van der Waals surface area contributed by atoms with Crippen LogP contribution in [-0.2, 0) is 0 Å². The molecule has 0 aromatic carbocycles. The fourth-order valence-corrected chi connectivity index (χ4v) is 2.61. The molecule has 0 saturated carbocycles. The van der Waals surface area contributed by atoms with E-state index in [2.05, 4.69) is 15.3 Å². The molecule has 2 aromatic rings. The molecular formula is C11H12ClN3OS. The number of hydrogen-bond donors (Lipinski definition) is 2. The Morgan fingerprint density at radius 1 is 1.65 bits per heavy atom. The van der Waals surface area contributed by atoms with Crippen LogP contribution < -0.4 is 5.32 Å². The molecule has 1 unspecified atom stereocenters. The van der Waals surface area contributed by atoms with E-state index in [0.29, 0.717) is 9.90 Å². The van der Waals surface area contributed by atoms with Gasteiger partial charge in [0.15, 0.2) is 0 Å². The summed E-state index contributed by atoms with van der Waals surface area (Å²) in [6.07, 6.45) is 3.38. The standard InChI is InChI=1S/C11H12ClN3OS/c1-6-5-17-9(8(6)12)11(16)15-7(2)10-13-3-4-14-10/h3-5,7H,1-2H3,(H,13,14)(H,15,16). The summed E-state index contributed by atoms with van der Waals surface area (Å²) in [7, 11) is 0. The number of thiophene rings is 1. The van der Waals surface area contributed by atoms with Crippen LogP contribution in [0.3, 0.4) is 0 Å². The summed E-state index contributed by atoms with van der Waals surface area (Å²) in [6.45, 7) is 3.75. The number of H-pyrrole nitrogens is 1. The number of carbonyl (C=O) groups excluding carboxylic acids is 1. The third-order valence-electron chi connectivity index (χ3n) is 2.38. The van der Waals surface area contributed by atoms with E-state index >= 15 is 0 Å². The predicted octanol–water partition coefficient (Wildman–Crippen LogP) is 2.92. The molecule has 0 aliphatic heterocycles. The smallest absolute Gasteiger partial charge is 0.263 e. The Morgan fingerprint density at radius 3 is 2.94 bits per heavy atom. The summed E-state index contributed by atoms with van der Waals surface area (Å²) < 4.78 is 0. The third kappa shape index (κ3) is 2.50.